The molecule has 1 aliphatic rings. The summed E-state index contributed by atoms with van der Waals surface area (Å²) in [6.07, 6.45) is 9.33. The van der Waals surface area contributed by atoms with E-state index in [-0.39, 0.29) is 5.56 Å². The lowest BCUT2D eigenvalue weighted by atomic mass is 10.1. The summed E-state index contributed by atoms with van der Waals surface area (Å²) in [6, 6.07) is 3.76. The molecule has 1 N–H and O–H groups in total. The van der Waals surface area contributed by atoms with Crippen LogP contribution in [-0.2, 0) is 4.79 Å². The van der Waals surface area contributed by atoms with Crippen LogP contribution < -0.4 is 9.64 Å². The fourth-order valence-electron chi connectivity index (χ4n) is 4.45. The van der Waals surface area contributed by atoms with Gasteiger partial charge in [0.15, 0.2) is 11.5 Å². The van der Waals surface area contributed by atoms with Crippen LogP contribution in [0.2, 0.25) is 0 Å². The van der Waals surface area contributed by atoms with Crippen LogP contribution >= 0.6 is 0 Å². The van der Waals surface area contributed by atoms with Crippen molar-refractivity contribution in [2.24, 2.45) is 0 Å². The smallest absolute Gasteiger partial charge is 0.295 e. The maximum atomic E-state index is 13.3. The first-order valence-electron chi connectivity index (χ1n) is 11.2. The molecule has 1 saturated heterocycles. The summed E-state index contributed by atoms with van der Waals surface area (Å²) in [5.41, 5.74) is 1.35. The number of H-pyrrole nitrogens is 1. The predicted molar refractivity (Wildman–Crippen MR) is 128 cm³/mol. The third kappa shape index (κ3) is 3.48. The maximum Gasteiger partial charge on any atom is 0.295 e. The molecular formula is C23H20N10O3. The number of pyridine rings is 2. The highest BCUT2D eigenvalue weighted by Gasteiger charge is 2.31. The van der Waals surface area contributed by atoms with Crippen molar-refractivity contribution in [2.45, 2.75) is 0 Å². The Labute approximate surface area is 203 Å². The second-order valence-corrected chi connectivity index (χ2v) is 8.13. The molecule has 13 heteroatoms. The van der Waals surface area contributed by atoms with Crippen molar-refractivity contribution < 1.29 is 14.3 Å². The minimum Gasteiger partial charge on any atom is -0.494 e. The van der Waals surface area contributed by atoms with Gasteiger partial charge in [-0.25, -0.2) is 24.6 Å². The summed E-state index contributed by atoms with van der Waals surface area (Å²) >= 11 is 0. The van der Waals surface area contributed by atoms with E-state index in [4.69, 9.17) is 4.74 Å². The fourth-order valence-corrected chi connectivity index (χ4v) is 4.45. The molecule has 0 spiro atoms. The van der Waals surface area contributed by atoms with Gasteiger partial charge < -0.3 is 19.5 Å². The molecule has 0 saturated carbocycles. The van der Waals surface area contributed by atoms with Crippen molar-refractivity contribution >= 4 is 39.4 Å². The summed E-state index contributed by atoms with van der Waals surface area (Å²) in [5, 5.41) is 9.09. The average molecular weight is 484 g/mol. The number of Topliss-reactive ketones (excluding diaryl/α,β-unsaturated/α-hetero) is 1. The zero-order chi connectivity index (χ0) is 24.6. The fraction of sp³-hybridized carbons (Fsp3) is 0.217. The summed E-state index contributed by atoms with van der Waals surface area (Å²) in [4.78, 5) is 50.5. The van der Waals surface area contributed by atoms with Gasteiger partial charge in [-0.15, -0.1) is 5.10 Å². The third-order valence-corrected chi connectivity index (χ3v) is 6.21. The number of aromatic amines is 1. The summed E-state index contributed by atoms with van der Waals surface area (Å²) < 4.78 is 6.92. The zero-order valence-corrected chi connectivity index (χ0v) is 19.2. The molecule has 1 amide bonds. The van der Waals surface area contributed by atoms with E-state index in [1.807, 2.05) is 12.1 Å². The molecule has 0 aliphatic carbocycles. The minimum absolute atomic E-state index is 0.214. The molecular weight excluding hydrogens is 464 g/mol. The molecule has 1 aliphatic heterocycles. The Morgan fingerprint density at radius 2 is 1.89 bits per heavy atom. The molecule has 0 aromatic carbocycles. The molecule has 0 unspecified atom stereocenters. The van der Waals surface area contributed by atoms with Crippen LogP contribution in [0.1, 0.15) is 10.4 Å². The molecule has 5 aromatic heterocycles. The van der Waals surface area contributed by atoms with Crippen molar-refractivity contribution in [2.75, 3.05) is 38.2 Å². The van der Waals surface area contributed by atoms with Crippen molar-refractivity contribution in [1.82, 2.24) is 44.8 Å². The Balaban J connectivity index is 1.25. The number of amides is 1. The van der Waals surface area contributed by atoms with Gasteiger partial charge in [-0.2, -0.15) is 0 Å². The van der Waals surface area contributed by atoms with E-state index in [1.165, 1.54) is 36.7 Å². The van der Waals surface area contributed by atoms with Gasteiger partial charge in [0.25, 0.3) is 11.7 Å². The van der Waals surface area contributed by atoms with E-state index >= 15 is 0 Å². The third-order valence-electron chi connectivity index (χ3n) is 6.21. The molecule has 180 valence electrons. The number of carbonyl (C=O) groups excluding carboxylic acids is 2. The number of piperazine rings is 1. The molecule has 0 bridgehead atoms. The van der Waals surface area contributed by atoms with Gasteiger partial charge in [0.1, 0.15) is 17.9 Å². The number of nitrogens with zero attached hydrogens (tertiary/aromatic N) is 9. The molecule has 0 atom stereocenters. The molecule has 5 aromatic rings. The van der Waals surface area contributed by atoms with E-state index in [1.54, 1.807) is 17.3 Å². The molecule has 36 heavy (non-hydrogen) atoms. The van der Waals surface area contributed by atoms with Crippen molar-refractivity contribution in [1.29, 1.82) is 0 Å². The van der Waals surface area contributed by atoms with Crippen molar-refractivity contribution in [3.05, 3.63) is 55.0 Å². The van der Waals surface area contributed by atoms with Crippen LogP contribution in [0.3, 0.4) is 0 Å². The van der Waals surface area contributed by atoms with Crippen LogP contribution in [0.5, 0.6) is 5.75 Å². The number of methoxy groups -OCH3 is 1. The van der Waals surface area contributed by atoms with Gasteiger partial charge in [-0.3, -0.25) is 9.59 Å². The first kappa shape index (κ1) is 21.6. The van der Waals surface area contributed by atoms with Crippen LogP contribution in [0.25, 0.3) is 27.8 Å². The van der Waals surface area contributed by atoms with E-state index in [0.717, 1.165) is 11.2 Å². The number of hydrogen-bond donors (Lipinski definition) is 1. The van der Waals surface area contributed by atoms with E-state index in [0.29, 0.717) is 54.3 Å². The molecule has 6 heterocycles. The number of nitrogens with one attached hydrogen (secondary N) is 1. The average Bonchev–Trinajstić information content (AvgIpc) is 3.63. The standard InChI is InChI=1S/C23H20N10O3/c1-36-16-12-26-22(33-6-5-29-30-33)18-17(16)15(11-25-18)19(34)23(35)32-9-7-31(8-10-32)21-14-3-2-4-24-20(14)27-13-28-21/h2-6,11-13,25H,7-10H2,1H3. The number of hydrogen-bond acceptors (Lipinski definition) is 10. The molecule has 1 fully saturated rings. The highest BCUT2D eigenvalue weighted by atomic mass is 16.5. The largest absolute Gasteiger partial charge is 0.494 e. The van der Waals surface area contributed by atoms with Crippen molar-refractivity contribution in [3.8, 4) is 11.6 Å². The molecule has 6 rings (SSSR count). The Morgan fingerprint density at radius 3 is 2.67 bits per heavy atom. The Hall–Kier alpha value is -4.94. The highest BCUT2D eigenvalue weighted by Crippen LogP contribution is 2.32. The lowest BCUT2D eigenvalue weighted by Gasteiger charge is -2.35. The monoisotopic (exact) mass is 484 g/mol. The lowest BCUT2D eigenvalue weighted by molar-refractivity contribution is -0.126. The van der Waals surface area contributed by atoms with Gasteiger partial charge in [0.2, 0.25) is 0 Å². The normalized spacial score (nSPS) is 13.9. The minimum atomic E-state index is -0.625. The Kier molecular flexibility index (Phi) is 5.21. The number of ether oxygens (including phenoxy) is 1. The van der Waals surface area contributed by atoms with Crippen LogP contribution in [0.15, 0.2) is 49.4 Å². The zero-order valence-electron chi connectivity index (χ0n) is 19.2. The van der Waals surface area contributed by atoms with Crippen LogP contribution in [0, 0.1) is 0 Å². The lowest BCUT2D eigenvalue weighted by Crippen LogP contribution is -2.51. The van der Waals surface area contributed by atoms with Crippen LogP contribution in [0.4, 0.5) is 5.82 Å². The Bertz CT molecular complexity index is 1580. The second-order valence-electron chi connectivity index (χ2n) is 8.13. The van der Waals surface area contributed by atoms with E-state index in [9.17, 15) is 9.59 Å². The SMILES string of the molecule is COc1cnc(-n2ccnn2)c2[nH]cc(C(=O)C(=O)N3CCN(c4ncnc5ncccc45)CC3)c12. The highest BCUT2D eigenvalue weighted by molar-refractivity contribution is 6.45. The number of anilines is 1. The second kappa shape index (κ2) is 8.69. The van der Waals surface area contributed by atoms with Gasteiger partial charge in [0.05, 0.1) is 47.6 Å². The topological polar surface area (TPSA) is 148 Å². The molecule has 0 radical (unpaired) electrons. The number of aromatic nitrogens is 8. The van der Waals surface area contributed by atoms with Gasteiger partial charge in [-0.1, -0.05) is 5.21 Å². The first-order valence-corrected chi connectivity index (χ1v) is 11.2. The predicted octanol–water partition coefficient (Wildman–Crippen LogP) is 1.02. The van der Waals surface area contributed by atoms with E-state index in [2.05, 4.69) is 40.1 Å². The van der Waals surface area contributed by atoms with Crippen LogP contribution in [-0.4, -0.2) is 89.8 Å². The Morgan fingerprint density at radius 1 is 1.03 bits per heavy atom. The van der Waals surface area contributed by atoms with Gasteiger partial charge >= 0.3 is 0 Å². The number of ketones is 1. The summed E-state index contributed by atoms with van der Waals surface area (Å²) in [7, 11) is 1.49. The maximum absolute atomic E-state index is 13.3. The quantitative estimate of drug-likeness (QED) is 0.283. The van der Waals surface area contributed by atoms with E-state index < -0.39 is 11.7 Å². The van der Waals surface area contributed by atoms with Gasteiger partial charge in [0, 0.05) is 38.6 Å². The first-order chi connectivity index (χ1) is 17.7. The number of rotatable bonds is 5. The van der Waals surface area contributed by atoms with Gasteiger partial charge in [-0.05, 0) is 12.1 Å². The van der Waals surface area contributed by atoms with Crippen molar-refractivity contribution in [3.63, 3.8) is 0 Å². The number of carbonyl (C=O) groups is 2. The summed E-state index contributed by atoms with van der Waals surface area (Å²) in [6.45, 7) is 1.80. The number of fused-ring (bicyclic) bond motifs is 2. The summed E-state index contributed by atoms with van der Waals surface area (Å²) in [5.74, 6) is 0.378. The molecule has 13 nitrogen and oxygen atoms in total.